The van der Waals surface area contributed by atoms with Gasteiger partial charge in [0.25, 0.3) is 0 Å². The average Bonchev–Trinajstić information content (AvgIpc) is 2.52. The quantitative estimate of drug-likeness (QED) is 0.607. The molecule has 2 nitrogen and oxygen atoms in total. The van der Waals surface area contributed by atoms with E-state index in [4.69, 9.17) is 0 Å². The summed E-state index contributed by atoms with van der Waals surface area (Å²) in [5.74, 6) is 0. The molecule has 0 N–H and O–H groups in total. The van der Waals surface area contributed by atoms with Crippen LogP contribution in [-0.2, 0) is 12.7 Å². The van der Waals surface area contributed by atoms with Crippen LogP contribution >= 0.6 is 15.9 Å². The van der Waals surface area contributed by atoms with Crippen molar-refractivity contribution in [2.75, 3.05) is 5.33 Å². The Hall–Kier alpha value is -0.520. The molecule has 1 aromatic heterocycles. The van der Waals surface area contributed by atoms with Crippen LogP contribution in [0.1, 0.15) is 18.5 Å². The summed E-state index contributed by atoms with van der Waals surface area (Å²) in [6.45, 7) is 0.529. The van der Waals surface area contributed by atoms with Gasteiger partial charge in [0.05, 0.1) is 0 Å². The van der Waals surface area contributed by atoms with Crippen LogP contribution in [0.3, 0.4) is 0 Å². The molecule has 0 bridgehead atoms. The first kappa shape index (κ1) is 11.6. The zero-order valence-electron chi connectivity index (χ0n) is 7.39. The third kappa shape index (κ3) is 3.32. The normalized spacial score (nSPS) is 12.0. The fourth-order valence-electron chi connectivity index (χ4n) is 1.01. The van der Waals surface area contributed by atoms with Crippen molar-refractivity contribution in [3.8, 4) is 0 Å². The van der Waals surface area contributed by atoms with Crippen LogP contribution < -0.4 is 0 Å². The van der Waals surface area contributed by atoms with Gasteiger partial charge in [-0.2, -0.15) is 18.3 Å². The van der Waals surface area contributed by atoms with Gasteiger partial charge in [-0.3, -0.25) is 4.68 Å². The van der Waals surface area contributed by atoms with Crippen molar-refractivity contribution in [3.05, 3.63) is 18.0 Å². The fraction of sp³-hybridized carbons (Fsp3) is 0.625. The van der Waals surface area contributed by atoms with E-state index >= 15 is 0 Å². The summed E-state index contributed by atoms with van der Waals surface area (Å²) >= 11 is 3.25. The standard InChI is InChI=1S/C8H10BrF3N2/c9-4-1-2-5-14-6-3-7(13-14)8(10,11)12/h3,6H,1-2,4-5H2. The Morgan fingerprint density at radius 3 is 2.57 bits per heavy atom. The van der Waals surface area contributed by atoms with E-state index < -0.39 is 11.9 Å². The predicted molar refractivity (Wildman–Crippen MR) is 50.3 cm³/mol. The zero-order valence-corrected chi connectivity index (χ0v) is 8.98. The van der Waals surface area contributed by atoms with E-state index in [0.717, 1.165) is 24.2 Å². The van der Waals surface area contributed by atoms with E-state index in [9.17, 15) is 13.2 Å². The second kappa shape index (κ2) is 4.82. The maximum absolute atomic E-state index is 12.1. The molecule has 0 radical (unpaired) electrons. The van der Waals surface area contributed by atoms with Crippen LogP contribution in [0.15, 0.2) is 12.3 Å². The van der Waals surface area contributed by atoms with Crippen LogP contribution in [0.25, 0.3) is 0 Å². The number of nitrogens with zero attached hydrogens (tertiary/aromatic N) is 2. The Morgan fingerprint density at radius 1 is 1.36 bits per heavy atom. The van der Waals surface area contributed by atoms with Crippen LogP contribution in [-0.4, -0.2) is 15.1 Å². The summed E-state index contributed by atoms with van der Waals surface area (Å²) in [6.07, 6.45) is -1.22. The first-order valence-electron chi connectivity index (χ1n) is 4.20. The number of hydrogen-bond donors (Lipinski definition) is 0. The minimum Gasteiger partial charge on any atom is -0.272 e. The number of hydrogen-bond acceptors (Lipinski definition) is 1. The van der Waals surface area contributed by atoms with Gasteiger partial charge in [-0.15, -0.1) is 0 Å². The van der Waals surface area contributed by atoms with Crippen molar-refractivity contribution in [1.29, 1.82) is 0 Å². The summed E-state index contributed by atoms with van der Waals surface area (Å²) in [6, 6.07) is 0.994. The number of aryl methyl sites for hydroxylation is 1. The summed E-state index contributed by atoms with van der Waals surface area (Å²) < 4.78 is 37.6. The van der Waals surface area contributed by atoms with E-state index in [-0.39, 0.29) is 0 Å². The maximum Gasteiger partial charge on any atom is 0.435 e. The lowest BCUT2D eigenvalue weighted by Gasteiger charge is -2.02. The molecule has 80 valence electrons. The van der Waals surface area contributed by atoms with Crippen molar-refractivity contribution < 1.29 is 13.2 Å². The summed E-state index contributed by atoms with van der Waals surface area (Å²) in [5, 5.41) is 4.29. The first-order valence-corrected chi connectivity index (χ1v) is 5.33. The van der Waals surface area contributed by atoms with Crippen LogP contribution in [0, 0.1) is 0 Å². The molecule has 0 amide bonds. The molecule has 1 aromatic rings. The molecule has 0 aromatic carbocycles. The summed E-state index contributed by atoms with van der Waals surface area (Å²) in [5.41, 5.74) is -0.823. The molecule has 6 heteroatoms. The molecule has 0 saturated heterocycles. The van der Waals surface area contributed by atoms with Gasteiger partial charge in [-0.1, -0.05) is 15.9 Å². The van der Waals surface area contributed by atoms with Gasteiger partial charge in [0.15, 0.2) is 5.69 Å². The Morgan fingerprint density at radius 2 is 2.07 bits per heavy atom. The van der Waals surface area contributed by atoms with Crippen molar-refractivity contribution >= 4 is 15.9 Å². The molecule has 0 aliphatic rings. The number of unbranched alkanes of at least 4 members (excludes halogenated alkanes) is 1. The van der Waals surface area contributed by atoms with Gasteiger partial charge in [0, 0.05) is 18.1 Å². The van der Waals surface area contributed by atoms with Gasteiger partial charge < -0.3 is 0 Å². The molecule has 14 heavy (non-hydrogen) atoms. The molecular formula is C8H10BrF3N2. The third-order valence-corrected chi connectivity index (χ3v) is 2.26. The number of alkyl halides is 4. The predicted octanol–water partition coefficient (Wildman–Crippen LogP) is 3.08. The minimum absolute atomic E-state index is 0.529. The van der Waals surface area contributed by atoms with Crippen molar-refractivity contribution in [2.45, 2.75) is 25.6 Å². The van der Waals surface area contributed by atoms with Crippen LogP contribution in [0.5, 0.6) is 0 Å². The highest BCUT2D eigenvalue weighted by molar-refractivity contribution is 9.09. The highest BCUT2D eigenvalue weighted by atomic mass is 79.9. The Kier molecular flexibility index (Phi) is 3.97. The van der Waals surface area contributed by atoms with Gasteiger partial charge in [-0.05, 0) is 18.9 Å². The number of rotatable bonds is 4. The average molecular weight is 271 g/mol. The topological polar surface area (TPSA) is 17.8 Å². The second-order valence-electron chi connectivity index (χ2n) is 2.86. The van der Waals surface area contributed by atoms with E-state index in [2.05, 4.69) is 21.0 Å². The lowest BCUT2D eigenvalue weighted by molar-refractivity contribution is -0.141. The Labute approximate surface area is 88.2 Å². The van der Waals surface area contributed by atoms with Crippen LogP contribution in [0.2, 0.25) is 0 Å². The minimum atomic E-state index is -4.33. The molecule has 0 aliphatic carbocycles. The molecule has 0 atom stereocenters. The maximum atomic E-state index is 12.1. The lowest BCUT2D eigenvalue weighted by atomic mass is 10.3. The highest BCUT2D eigenvalue weighted by Crippen LogP contribution is 2.27. The Balaban J connectivity index is 2.51. The first-order chi connectivity index (χ1) is 6.54. The van der Waals surface area contributed by atoms with E-state index in [1.165, 1.54) is 10.9 Å². The van der Waals surface area contributed by atoms with E-state index in [1.54, 1.807) is 0 Å². The van der Waals surface area contributed by atoms with Gasteiger partial charge in [0.2, 0.25) is 0 Å². The van der Waals surface area contributed by atoms with E-state index in [1.807, 2.05) is 0 Å². The molecule has 1 rings (SSSR count). The molecular weight excluding hydrogens is 261 g/mol. The number of halogens is 4. The fourth-order valence-corrected chi connectivity index (χ4v) is 1.40. The van der Waals surface area contributed by atoms with Crippen molar-refractivity contribution in [2.24, 2.45) is 0 Å². The zero-order chi connectivity index (χ0) is 10.6. The molecule has 0 spiro atoms. The highest BCUT2D eigenvalue weighted by Gasteiger charge is 2.33. The molecule has 1 heterocycles. The summed E-state index contributed by atoms with van der Waals surface area (Å²) in [7, 11) is 0. The van der Waals surface area contributed by atoms with Gasteiger partial charge >= 0.3 is 6.18 Å². The molecule has 0 saturated carbocycles. The SMILES string of the molecule is FC(F)(F)c1ccn(CCCCBr)n1. The van der Waals surface area contributed by atoms with E-state index in [0.29, 0.717) is 6.54 Å². The molecule has 0 fully saturated rings. The van der Waals surface area contributed by atoms with Crippen molar-refractivity contribution in [3.63, 3.8) is 0 Å². The van der Waals surface area contributed by atoms with Crippen LogP contribution in [0.4, 0.5) is 13.2 Å². The lowest BCUT2D eigenvalue weighted by Crippen LogP contribution is -2.08. The smallest absolute Gasteiger partial charge is 0.272 e. The van der Waals surface area contributed by atoms with Crippen molar-refractivity contribution in [1.82, 2.24) is 9.78 Å². The van der Waals surface area contributed by atoms with Gasteiger partial charge in [-0.25, -0.2) is 0 Å². The largest absolute Gasteiger partial charge is 0.435 e. The molecule has 0 aliphatic heterocycles. The second-order valence-corrected chi connectivity index (χ2v) is 3.65. The summed E-state index contributed by atoms with van der Waals surface area (Å²) in [4.78, 5) is 0. The van der Waals surface area contributed by atoms with Gasteiger partial charge in [0.1, 0.15) is 0 Å². The Bertz CT molecular complexity index is 282. The molecule has 0 unspecified atom stereocenters. The number of aromatic nitrogens is 2. The monoisotopic (exact) mass is 270 g/mol. The third-order valence-electron chi connectivity index (χ3n) is 1.70.